The van der Waals surface area contributed by atoms with Gasteiger partial charge in [-0.3, -0.25) is 0 Å². The minimum atomic E-state index is -0.571. The molecule has 0 N–H and O–H groups in total. The molecule has 1 aliphatic rings. The quantitative estimate of drug-likeness (QED) is 0.752. The van der Waals surface area contributed by atoms with E-state index in [2.05, 4.69) is 0 Å². The van der Waals surface area contributed by atoms with E-state index in [0.717, 1.165) is 5.46 Å². The van der Waals surface area contributed by atoms with Crippen molar-refractivity contribution in [3.8, 4) is 17.2 Å². The fourth-order valence-electron chi connectivity index (χ4n) is 2.66. The van der Waals surface area contributed by atoms with Gasteiger partial charge in [0.15, 0.2) is 0 Å². The molecule has 1 heterocycles. The van der Waals surface area contributed by atoms with Gasteiger partial charge in [0.25, 0.3) is 0 Å². The van der Waals surface area contributed by atoms with Crippen LogP contribution < -0.4 is 5.46 Å². The van der Waals surface area contributed by atoms with Crippen molar-refractivity contribution < 1.29 is 13.7 Å². The second kappa shape index (κ2) is 6.14. The van der Waals surface area contributed by atoms with E-state index in [1.54, 1.807) is 30.3 Å². The van der Waals surface area contributed by atoms with Gasteiger partial charge in [0, 0.05) is 5.56 Å². The lowest BCUT2D eigenvalue weighted by atomic mass is 9.78. The Labute approximate surface area is 152 Å². The minimum absolute atomic E-state index is 0.292. The lowest BCUT2D eigenvalue weighted by molar-refractivity contribution is 0.00578. The molecule has 1 aliphatic heterocycles. The summed E-state index contributed by atoms with van der Waals surface area (Å²) in [6.07, 6.45) is 0. The van der Waals surface area contributed by atoms with Crippen LogP contribution in [-0.4, -0.2) is 18.3 Å². The van der Waals surface area contributed by atoms with Gasteiger partial charge in [-0.25, -0.2) is 4.39 Å². The zero-order chi connectivity index (χ0) is 18.4. The van der Waals surface area contributed by atoms with Gasteiger partial charge >= 0.3 is 7.12 Å². The third-order valence-electron chi connectivity index (χ3n) is 4.92. The molecule has 0 unspecified atom stereocenters. The SMILES string of the molecule is CC1(C)OB(c2ccc(F)c(-c3ccc(C#N)c(Cl)c3)c2)OC1(C)C. The summed E-state index contributed by atoms with van der Waals surface area (Å²) >= 11 is 6.08. The van der Waals surface area contributed by atoms with E-state index >= 15 is 0 Å². The largest absolute Gasteiger partial charge is 0.494 e. The van der Waals surface area contributed by atoms with Crippen LogP contribution in [0.15, 0.2) is 36.4 Å². The molecule has 0 aliphatic carbocycles. The van der Waals surface area contributed by atoms with Gasteiger partial charge in [-0.15, -0.1) is 0 Å². The highest BCUT2D eigenvalue weighted by Gasteiger charge is 2.51. The average Bonchev–Trinajstić information content (AvgIpc) is 2.75. The third kappa shape index (κ3) is 3.18. The Bertz CT molecular complexity index is 860. The highest BCUT2D eigenvalue weighted by Crippen LogP contribution is 2.37. The summed E-state index contributed by atoms with van der Waals surface area (Å²) in [4.78, 5) is 0. The van der Waals surface area contributed by atoms with E-state index in [4.69, 9.17) is 26.2 Å². The summed E-state index contributed by atoms with van der Waals surface area (Å²) in [7, 11) is -0.571. The molecule has 6 heteroatoms. The van der Waals surface area contributed by atoms with Crippen molar-refractivity contribution in [2.24, 2.45) is 0 Å². The first kappa shape index (κ1) is 17.9. The van der Waals surface area contributed by atoms with Gasteiger partial charge in [-0.2, -0.15) is 5.26 Å². The van der Waals surface area contributed by atoms with Gasteiger partial charge in [-0.05, 0) is 56.9 Å². The number of hydrogen-bond acceptors (Lipinski definition) is 3. The molecule has 2 aromatic carbocycles. The molecule has 3 rings (SSSR count). The van der Waals surface area contributed by atoms with Crippen LogP contribution in [0.25, 0.3) is 11.1 Å². The van der Waals surface area contributed by atoms with E-state index in [-0.39, 0.29) is 5.82 Å². The summed E-state index contributed by atoms with van der Waals surface area (Å²) in [6, 6.07) is 11.6. The van der Waals surface area contributed by atoms with Crippen LogP contribution in [0.3, 0.4) is 0 Å². The Morgan fingerprint density at radius 3 is 2.24 bits per heavy atom. The Morgan fingerprint density at radius 1 is 1.04 bits per heavy atom. The Balaban J connectivity index is 2.00. The third-order valence-corrected chi connectivity index (χ3v) is 5.23. The normalized spacial score (nSPS) is 18.2. The molecule has 0 bridgehead atoms. The van der Waals surface area contributed by atoms with Gasteiger partial charge in [0.2, 0.25) is 0 Å². The minimum Gasteiger partial charge on any atom is -0.399 e. The zero-order valence-electron chi connectivity index (χ0n) is 14.6. The summed E-state index contributed by atoms with van der Waals surface area (Å²) in [5.74, 6) is -0.374. The summed E-state index contributed by atoms with van der Waals surface area (Å²) < 4.78 is 26.4. The lowest BCUT2D eigenvalue weighted by Crippen LogP contribution is -2.41. The molecule has 25 heavy (non-hydrogen) atoms. The number of nitrogens with zero attached hydrogens (tertiary/aromatic N) is 1. The maximum absolute atomic E-state index is 14.4. The van der Waals surface area contributed by atoms with Crippen LogP contribution >= 0.6 is 11.6 Å². The fourth-order valence-corrected chi connectivity index (χ4v) is 2.89. The molecule has 0 radical (unpaired) electrons. The van der Waals surface area contributed by atoms with Crippen LogP contribution in [0.4, 0.5) is 4.39 Å². The number of rotatable bonds is 2. The van der Waals surface area contributed by atoms with E-state index in [9.17, 15) is 4.39 Å². The first-order valence-electron chi connectivity index (χ1n) is 8.00. The van der Waals surface area contributed by atoms with Crippen molar-refractivity contribution >= 4 is 24.2 Å². The zero-order valence-corrected chi connectivity index (χ0v) is 15.3. The monoisotopic (exact) mass is 357 g/mol. The number of nitriles is 1. The van der Waals surface area contributed by atoms with Crippen molar-refractivity contribution in [3.63, 3.8) is 0 Å². The Morgan fingerprint density at radius 2 is 1.68 bits per heavy atom. The summed E-state index contributed by atoms with van der Waals surface area (Å²) in [5.41, 5.74) is 1.13. The second-order valence-electron chi connectivity index (χ2n) is 7.13. The lowest BCUT2D eigenvalue weighted by Gasteiger charge is -2.32. The molecule has 3 nitrogen and oxygen atoms in total. The van der Waals surface area contributed by atoms with Crippen molar-refractivity contribution in [1.29, 1.82) is 5.26 Å². The molecule has 1 fully saturated rings. The molecule has 0 amide bonds. The highest BCUT2D eigenvalue weighted by atomic mass is 35.5. The predicted octanol–water partition coefficient (Wildman–Crippen LogP) is 4.32. The Kier molecular flexibility index (Phi) is 4.41. The number of hydrogen-bond donors (Lipinski definition) is 0. The second-order valence-corrected chi connectivity index (χ2v) is 7.54. The highest BCUT2D eigenvalue weighted by molar-refractivity contribution is 6.62. The van der Waals surface area contributed by atoms with Gasteiger partial charge in [0.1, 0.15) is 11.9 Å². The average molecular weight is 358 g/mol. The fraction of sp³-hybridized carbons (Fsp3) is 0.316. The van der Waals surface area contributed by atoms with Crippen LogP contribution in [0, 0.1) is 17.1 Å². The van der Waals surface area contributed by atoms with Gasteiger partial charge in [-0.1, -0.05) is 29.8 Å². The van der Waals surface area contributed by atoms with E-state index in [1.807, 2.05) is 33.8 Å². The van der Waals surface area contributed by atoms with Crippen molar-refractivity contribution in [2.45, 2.75) is 38.9 Å². The summed E-state index contributed by atoms with van der Waals surface area (Å²) in [6.45, 7) is 7.88. The Hall–Kier alpha value is -1.87. The van der Waals surface area contributed by atoms with Crippen LogP contribution in [-0.2, 0) is 9.31 Å². The predicted molar refractivity (Wildman–Crippen MR) is 97.3 cm³/mol. The number of benzene rings is 2. The summed E-state index contributed by atoms with van der Waals surface area (Å²) in [5, 5.41) is 9.27. The van der Waals surface area contributed by atoms with Gasteiger partial charge in [0.05, 0.1) is 21.8 Å². The first-order valence-corrected chi connectivity index (χ1v) is 8.37. The van der Waals surface area contributed by atoms with Crippen LogP contribution in [0.1, 0.15) is 33.3 Å². The molecule has 0 aromatic heterocycles. The molecule has 0 atom stereocenters. The standard InChI is InChI=1S/C19H18BClFNO2/c1-18(2)19(3,4)25-20(24-18)14-7-8-17(22)15(10-14)12-5-6-13(11-23)16(21)9-12/h5-10H,1-4H3. The first-order chi connectivity index (χ1) is 11.6. The smallest absolute Gasteiger partial charge is 0.399 e. The number of halogens is 2. The molecule has 1 saturated heterocycles. The molecule has 0 spiro atoms. The van der Waals surface area contributed by atoms with E-state index < -0.39 is 18.3 Å². The van der Waals surface area contributed by atoms with Crippen LogP contribution in [0.2, 0.25) is 5.02 Å². The topological polar surface area (TPSA) is 42.2 Å². The maximum atomic E-state index is 14.4. The van der Waals surface area contributed by atoms with Gasteiger partial charge < -0.3 is 9.31 Å². The molecular weight excluding hydrogens is 339 g/mol. The van der Waals surface area contributed by atoms with Crippen molar-refractivity contribution in [3.05, 3.63) is 52.8 Å². The van der Waals surface area contributed by atoms with Crippen LogP contribution in [0.5, 0.6) is 0 Å². The van der Waals surface area contributed by atoms with Crippen molar-refractivity contribution in [2.75, 3.05) is 0 Å². The van der Waals surface area contributed by atoms with Crippen molar-refractivity contribution in [1.82, 2.24) is 0 Å². The van der Waals surface area contributed by atoms with E-state index in [1.165, 1.54) is 6.07 Å². The van der Waals surface area contributed by atoms with E-state index in [0.29, 0.717) is 21.7 Å². The molecular formula is C19H18BClFNO2. The molecule has 128 valence electrons. The molecule has 2 aromatic rings. The maximum Gasteiger partial charge on any atom is 0.494 e. The molecule has 0 saturated carbocycles.